The van der Waals surface area contributed by atoms with Gasteiger partial charge in [-0.2, -0.15) is 4.39 Å². The van der Waals surface area contributed by atoms with E-state index >= 15 is 0 Å². The van der Waals surface area contributed by atoms with Gasteiger partial charge in [0.05, 0.1) is 4.47 Å². The number of hydrogen-bond acceptors (Lipinski definition) is 2. The Morgan fingerprint density at radius 1 is 1.22 bits per heavy atom. The third-order valence-corrected chi connectivity index (χ3v) is 2.73. The van der Waals surface area contributed by atoms with Crippen molar-refractivity contribution in [2.45, 2.75) is 0 Å². The molecule has 3 nitrogen and oxygen atoms in total. The van der Waals surface area contributed by atoms with Crippen molar-refractivity contribution >= 4 is 27.5 Å². The molecule has 1 amide bonds. The van der Waals surface area contributed by atoms with E-state index in [0.717, 1.165) is 6.07 Å². The molecular formula is C12H7BrF2N2O. The van der Waals surface area contributed by atoms with Crippen molar-refractivity contribution in [2.24, 2.45) is 0 Å². The molecule has 1 aromatic carbocycles. The zero-order valence-corrected chi connectivity index (χ0v) is 10.5. The summed E-state index contributed by atoms with van der Waals surface area (Å²) in [4.78, 5) is 15.2. The lowest BCUT2D eigenvalue weighted by Gasteiger charge is -2.05. The number of carbonyl (C=O) groups is 1. The Bertz CT molecular complexity index is 604. The molecule has 0 unspecified atom stereocenters. The molecule has 1 N–H and O–H groups in total. The summed E-state index contributed by atoms with van der Waals surface area (Å²) in [6.07, 6.45) is 0. The molecule has 0 radical (unpaired) electrons. The third-order valence-electron chi connectivity index (χ3n) is 2.13. The zero-order chi connectivity index (χ0) is 13.1. The van der Waals surface area contributed by atoms with Gasteiger partial charge in [0.15, 0.2) is 0 Å². The molecule has 0 aliphatic heterocycles. The van der Waals surface area contributed by atoms with Crippen molar-refractivity contribution in [2.75, 3.05) is 5.32 Å². The minimum absolute atomic E-state index is 0.0459. The first-order valence-corrected chi connectivity index (χ1v) is 5.74. The van der Waals surface area contributed by atoms with Crippen molar-refractivity contribution < 1.29 is 13.6 Å². The normalized spacial score (nSPS) is 10.2. The summed E-state index contributed by atoms with van der Waals surface area (Å²) in [5.41, 5.74) is 0.342. The Labute approximate surface area is 110 Å². The van der Waals surface area contributed by atoms with Crippen molar-refractivity contribution in [1.29, 1.82) is 0 Å². The summed E-state index contributed by atoms with van der Waals surface area (Å²) in [7, 11) is 0. The van der Waals surface area contributed by atoms with Crippen LogP contribution < -0.4 is 5.32 Å². The van der Waals surface area contributed by atoms with Crippen LogP contribution in [0.4, 0.5) is 14.5 Å². The van der Waals surface area contributed by atoms with Gasteiger partial charge in [-0.3, -0.25) is 4.79 Å². The van der Waals surface area contributed by atoms with Gasteiger partial charge in [-0.1, -0.05) is 6.07 Å². The molecule has 0 saturated carbocycles. The van der Waals surface area contributed by atoms with Crippen LogP contribution in [0.5, 0.6) is 0 Å². The SMILES string of the molecule is O=C(Nc1ccc(F)c(Br)c1)c1cccc(F)n1. The van der Waals surface area contributed by atoms with E-state index in [1.54, 1.807) is 0 Å². The number of pyridine rings is 1. The molecule has 6 heteroatoms. The topological polar surface area (TPSA) is 42.0 Å². The lowest BCUT2D eigenvalue weighted by atomic mass is 10.3. The molecule has 18 heavy (non-hydrogen) atoms. The van der Waals surface area contributed by atoms with E-state index in [0.29, 0.717) is 5.69 Å². The predicted molar refractivity (Wildman–Crippen MR) is 66.2 cm³/mol. The first kappa shape index (κ1) is 12.6. The molecule has 0 aliphatic rings. The number of rotatable bonds is 2. The molecule has 0 atom stereocenters. The molecule has 2 aromatic rings. The van der Waals surface area contributed by atoms with Crippen LogP contribution in [0, 0.1) is 11.8 Å². The van der Waals surface area contributed by atoms with E-state index in [-0.39, 0.29) is 10.2 Å². The molecule has 1 aromatic heterocycles. The number of carbonyl (C=O) groups excluding carboxylic acids is 1. The van der Waals surface area contributed by atoms with Crippen LogP contribution in [0.15, 0.2) is 40.9 Å². The summed E-state index contributed by atoms with van der Waals surface area (Å²) >= 11 is 3.00. The molecule has 0 spiro atoms. The van der Waals surface area contributed by atoms with Gasteiger partial charge in [-0.15, -0.1) is 0 Å². The van der Waals surface area contributed by atoms with Crippen molar-refractivity contribution in [3.05, 3.63) is 58.3 Å². The van der Waals surface area contributed by atoms with Crippen LogP contribution in [-0.4, -0.2) is 10.9 Å². The molecule has 0 saturated heterocycles. The molecule has 0 aliphatic carbocycles. The van der Waals surface area contributed by atoms with Crippen LogP contribution in [0.25, 0.3) is 0 Å². The molecule has 0 bridgehead atoms. The second kappa shape index (κ2) is 5.22. The number of halogens is 3. The number of hydrogen-bond donors (Lipinski definition) is 1. The molecule has 2 rings (SSSR count). The average molecular weight is 313 g/mol. The van der Waals surface area contributed by atoms with Gasteiger partial charge in [0.1, 0.15) is 11.5 Å². The second-order valence-corrected chi connectivity index (χ2v) is 4.28. The fourth-order valence-electron chi connectivity index (χ4n) is 1.30. The van der Waals surface area contributed by atoms with Gasteiger partial charge in [0.25, 0.3) is 5.91 Å². The van der Waals surface area contributed by atoms with E-state index in [4.69, 9.17) is 0 Å². The van der Waals surface area contributed by atoms with Gasteiger partial charge in [-0.05, 0) is 46.3 Å². The highest BCUT2D eigenvalue weighted by Gasteiger charge is 2.09. The van der Waals surface area contributed by atoms with E-state index in [2.05, 4.69) is 26.2 Å². The summed E-state index contributed by atoms with van der Waals surface area (Å²) in [5.74, 6) is -1.73. The number of nitrogens with zero attached hydrogens (tertiary/aromatic N) is 1. The van der Waals surface area contributed by atoms with Crippen LogP contribution in [0.3, 0.4) is 0 Å². The zero-order valence-electron chi connectivity index (χ0n) is 8.95. The predicted octanol–water partition coefficient (Wildman–Crippen LogP) is 3.37. The van der Waals surface area contributed by atoms with Crippen LogP contribution in [-0.2, 0) is 0 Å². The quantitative estimate of drug-likeness (QED) is 0.864. The molecule has 92 valence electrons. The Kier molecular flexibility index (Phi) is 3.66. The Balaban J connectivity index is 2.18. The minimum Gasteiger partial charge on any atom is -0.321 e. The average Bonchev–Trinajstić information content (AvgIpc) is 2.34. The number of anilines is 1. The van der Waals surface area contributed by atoms with Gasteiger partial charge < -0.3 is 5.32 Å². The minimum atomic E-state index is -0.733. The highest BCUT2D eigenvalue weighted by atomic mass is 79.9. The summed E-state index contributed by atoms with van der Waals surface area (Å²) in [6, 6.07) is 7.93. The highest BCUT2D eigenvalue weighted by Crippen LogP contribution is 2.20. The molecular weight excluding hydrogens is 306 g/mol. The lowest BCUT2D eigenvalue weighted by Crippen LogP contribution is -2.14. The van der Waals surface area contributed by atoms with E-state index in [1.807, 2.05) is 0 Å². The van der Waals surface area contributed by atoms with Gasteiger partial charge in [0, 0.05) is 5.69 Å². The second-order valence-electron chi connectivity index (χ2n) is 3.43. The fourth-order valence-corrected chi connectivity index (χ4v) is 1.68. The van der Waals surface area contributed by atoms with Crippen molar-refractivity contribution in [1.82, 2.24) is 4.98 Å². The Morgan fingerprint density at radius 3 is 2.67 bits per heavy atom. The van der Waals surface area contributed by atoms with E-state index < -0.39 is 17.7 Å². The maximum Gasteiger partial charge on any atom is 0.274 e. The number of benzene rings is 1. The largest absolute Gasteiger partial charge is 0.321 e. The summed E-state index contributed by atoms with van der Waals surface area (Å²) in [6.45, 7) is 0. The lowest BCUT2D eigenvalue weighted by molar-refractivity contribution is 0.102. The van der Waals surface area contributed by atoms with E-state index in [9.17, 15) is 13.6 Å². The first-order valence-electron chi connectivity index (χ1n) is 4.95. The van der Waals surface area contributed by atoms with Crippen LogP contribution in [0.2, 0.25) is 0 Å². The Morgan fingerprint density at radius 2 is 2.00 bits per heavy atom. The van der Waals surface area contributed by atoms with Gasteiger partial charge in [-0.25, -0.2) is 9.37 Å². The number of nitrogens with one attached hydrogen (secondary N) is 1. The monoisotopic (exact) mass is 312 g/mol. The van der Waals surface area contributed by atoms with Gasteiger partial charge >= 0.3 is 0 Å². The number of aromatic nitrogens is 1. The van der Waals surface area contributed by atoms with Crippen LogP contribution in [0.1, 0.15) is 10.5 Å². The smallest absolute Gasteiger partial charge is 0.274 e. The fraction of sp³-hybridized carbons (Fsp3) is 0. The summed E-state index contributed by atoms with van der Waals surface area (Å²) in [5, 5.41) is 2.49. The molecule has 0 fully saturated rings. The van der Waals surface area contributed by atoms with Crippen LogP contribution >= 0.6 is 15.9 Å². The van der Waals surface area contributed by atoms with Crippen molar-refractivity contribution in [3.63, 3.8) is 0 Å². The maximum absolute atomic E-state index is 13.0. The molecule has 1 heterocycles. The highest BCUT2D eigenvalue weighted by molar-refractivity contribution is 9.10. The summed E-state index contributed by atoms with van der Waals surface area (Å²) < 4.78 is 26.1. The Hall–Kier alpha value is -1.82. The van der Waals surface area contributed by atoms with Gasteiger partial charge in [0.2, 0.25) is 5.95 Å². The standard InChI is InChI=1S/C12H7BrF2N2O/c13-8-6-7(4-5-9(8)14)16-12(18)10-2-1-3-11(15)17-10/h1-6H,(H,16,18). The maximum atomic E-state index is 13.0. The van der Waals surface area contributed by atoms with Crippen molar-refractivity contribution in [3.8, 4) is 0 Å². The third kappa shape index (κ3) is 2.89. The van der Waals surface area contributed by atoms with E-state index in [1.165, 1.54) is 30.3 Å². The first-order chi connectivity index (χ1) is 8.56. The number of amides is 1.